The molecule has 2 N–H and O–H groups in total. The van der Waals surface area contributed by atoms with E-state index in [2.05, 4.69) is 5.32 Å². The van der Waals surface area contributed by atoms with Crippen molar-refractivity contribution in [2.45, 2.75) is 13.3 Å². The average Bonchev–Trinajstić information content (AvgIpc) is 2.36. The number of nitrogens with one attached hydrogen (secondary N) is 1. The number of hydrogen-bond donors (Lipinski definition) is 2. The molecule has 4 nitrogen and oxygen atoms in total. The molecule has 0 aliphatic rings. The molecule has 1 amide bonds. The van der Waals surface area contributed by atoms with Gasteiger partial charge < -0.3 is 10.4 Å². The fourth-order valence-corrected chi connectivity index (χ4v) is 1.46. The molecule has 0 aliphatic heterocycles. The highest BCUT2D eigenvalue weighted by Gasteiger charge is 2.11. The Morgan fingerprint density at radius 3 is 2.88 bits per heavy atom. The molecule has 90 valence electrons. The van der Waals surface area contributed by atoms with Crippen molar-refractivity contribution >= 4 is 5.91 Å². The SMILES string of the molecule is CC(CCO)CNC(=O)c1ccccc1C#N. The van der Waals surface area contributed by atoms with Crippen LogP contribution in [0.5, 0.6) is 0 Å². The topological polar surface area (TPSA) is 73.1 Å². The Balaban J connectivity index is 2.62. The number of amides is 1. The van der Waals surface area contributed by atoms with Crippen LogP contribution >= 0.6 is 0 Å². The predicted octanol–water partition coefficient (Wildman–Crippen LogP) is 1.31. The summed E-state index contributed by atoms with van der Waals surface area (Å²) in [4.78, 5) is 11.8. The molecule has 1 aromatic carbocycles. The van der Waals surface area contributed by atoms with Crippen LogP contribution in [0.15, 0.2) is 24.3 Å². The Labute approximate surface area is 101 Å². The van der Waals surface area contributed by atoms with E-state index in [1.807, 2.05) is 13.0 Å². The van der Waals surface area contributed by atoms with Gasteiger partial charge in [0.2, 0.25) is 0 Å². The number of nitrogens with zero attached hydrogens (tertiary/aromatic N) is 1. The van der Waals surface area contributed by atoms with Crippen molar-refractivity contribution in [1.29, 1.82) is 5.26 Å². The van der Waals surface area contributed by atoms with Crippen LogP contribution in [0.4, 0.5) is 0 Å². The van der Waals surface area contributed by atoms with Gasteiger partial charge in [0, 0.05) is 13.2 Å². The molecule has 0 saturated carbocycles. The summed E-state index contributed by atoms with van der Waals surface area (Å²) in [6.07, 6.45) is 0.653. The third kappa shape index (κ3) is 3.89. The molecule has 1 atom stereocenters. The highest BCUT2D eigenvalue weighted by atomic mass is 16.3. The molecule has 0 radical (unpaired) electrons. The molecule has 1 aromatic rings. The van der Waals surface area contributed by atoms with Gasteiger partial charge in [0.25, 0.3) is 5.91 Å². The van der Waals surface area contributed by atoms with Crippen LogP contribution in [0.1, 0.15) is 29.3 Å². The number of aliphatic hydroxyl groups excluding tert-OH is 1. The summed E-state index contributed by atoms with van der Waals surface area (Å²) in [5.74, 6) is -0.0230. The van der Waals surface area contributed by atoms with Crippen molar-refractivity contribution in [2.75, 3.05) is 13.2 Å². The molecule has 0 bridgehead atoms. The molecule has 1 unspecified atom stereocenters. The molecule has 0 aromatic heterocycles. The standard InChI is InChI=1S/C13H16N2O2/c1-10(6-7-16)9-15-13(17)12-5-3-2-4-11(12)8-14/h2-5,10,16H,6-7,9H2,1H3,(H,15,17). The van der Waals surface area contributed by atoms with Crippen molar-refractivity contribution in [3.8, 4) is 6.07 Å². The number of hydrogen-bond acceptors (Lipinski definition) is 3. The predicted molar refractivity (Wildman–Crippen MR) is 64.4 cm³/mol. The van der Waals surface area contributed by atoms with Crippen LogP contribution < -0.4 is 5.32 Å². The molecule has 4 heteroatoms. The second kappa shape index (κ2) is 6.66. The Kier molecular flexibility index (Phi) is 5.18. The van der Waals surface area contributed by atoms with E-state index < -0.39 is 0 Å². The zero-order valence-electron chi connectivity index (χ0n) is 9.81. The molecule has 1 rings (SSSR count). The van der Waals surface area contributed by atoms with Crippen LogP contribution in [0.2, 0.25) is 0 Å². The van der Waals surface area contributed by atoms with E-state index in [-0.39, 0.29) is 18.4 Å². The first-order valence-corrected chi connectivity index (χ1v) is 5.57. The summed E-state index contributed by atoms with van der Waals surface area (Å²) in [7, 11) is 0. The van der Waals surface area contributed by atoms with E-state index in [1.165, 1.54) is 0 Å². The van der Waals surface area contributed by atoms with Crippen LogP contribution in [-0.2, 0) is 0 Å². The van der Waals surface area contributed by atoms with E-state index in [0.717, 1.165) is 0 Å². The summed E-state index contributed by atoms with van der Waals surface area (Å²) >= 11 is 0. The van der Waals surface area contributed by atoms with E-state index >= 15 is 0 Å². The highest BCUT2D eigenvalue weighted by molar-refractivity contribution is 5.96. The number of nitriles is 1. The largest absolute Gasteiger partial charge is 0.396 e. The highest BCUT2D eigenvalue weighted by Crippen LogP contribution is 2.07. The number of carbonyl (C=O) groups excluding carboxylic acids is 1. The average molecular weight is 232 g/mol. The molecule has 0 saturated heterocycles. The third-order valence-electron chi connectivity index (χ3n) is 2.53. The lowest BCUT2D eigenvalue weighted by molar-refractivity contribution is 0.0945. The quantitative estimate of drug-likeness (QED) is 0.803. The van der Waals surface area contributed by atoms with Gasteiger partial charge in [-0.1, -0.05) is 19.1 Å². The minimum atomic E-state index is -0.244. The molecule has 0 heterocycles. The minimum Gasteiger partial charge on any atom is -0.396 e. The van der Waals surface area contributed by atoms with Crippen LogP contribution in [0.3, 0.4) is 0 Å². The zero-order valence-corrected chi connectivity index (χ0v) is 9.81. The normalized spacial score (nSPS) is 11.6. The first-order valence-electron chi connectivity index (χ1n) is 5.57. The Morgan fingerprint density at radius 1 is 1.53 bits per heavy atom. The molecule has 0 aliphatic carbocycles. The maximum Gasteiger partial charge on any atom is 0.252 e. The van der Waals surface area contributed by atoms with Gasteiger partial charge in [-0.3, -0.25) is 4.79 Å². The zero-order chi connectivity index (χ0) is 12.7. The summed E-state index contributed by atoms with van der Waals surface area (Å²) in [5.41, 5.74) is 0.769. The van der Waals surface area contributed by atoms with Gasteiger partial charge in [-0.05, 0) is 24.5 Å². The van der Waals surface area contributed by atoms with Gasteiger partial charge in [0.15, 0.2) is 0 Å². The summed E-state index contributed by atoms with van der Waals surface area (Å²) in [5, 5.41) is 20.4. The van der Waals surface area contributed by atoms with Gasteiger partial charge in [-0.25, -0.2) is 0 Å². The number of carbonyl (C=O) groups is 1. The molecule has 17 heavy (non-hydrogen) atoms. The van der Waals surface area contributed by atoms with Crippen molar-refractivity contribution < 1.29 is 9.90 Å². The van der Waals surface area contributed by atoms with Gasteiger partial charge in [-0.2, -0.15) is 5.26 Å². The van der Waals surface area contributed by atoms with E-state index in [4.69, 9.17) is 10.4 Å². The molecular formula is C13H16N2O2. The minimum absolute atomic E-state index is 0.117. The van der Waals surface area contributed by atoms with Crippen molar-refractivity contribution in [2.24, 2.45) is 5.92 Å². The van der Waals surface area contributed by atoms with Crippen molar-refractivity contribution in [3.05, 3.63) is 35.4 Å². The smallest absolute Gasteiger partial charge is 0.252 e. The molecular weight excluding hydrogens is 216 g/mol. The van der Waals surface area contributed by atoms with Gasteiger partial charge in [0.05, 0.1) is 17.2 Å². The summed E-state index contributed by atoms with van der Waals surface area (Å²) in [6, 6.07) is 8.69. The maximum atomic E-state index is 11.8. The van der Waals surface area contributed by atoms with E-state index in [0.29, 0.717) is 24.1 Å². The first kappa shape index (κ1) is 13.2. The third-order valence-corrected chi connectivity index (χ3v) is 2.53. The van der Waals surface area contributed by atoms with Crippen molar-refractivity contribution in [1.82, 2.24) is 5.32 Å². The fourth-order valence-electron chi connectivity index (χ4n) is 1.46. The Bertz CT molecular complexity index is 424. The lowest BCUT2D eigenvalue weighted by atomic mass is 10.1. The first-order chi connectivity index (χ1) is 8.19. The van der Waals surface area contributed by atoms with Gasteiger partial charge in [0.1, 0.15) is 0 Å². The monoisotopic (exact) mass is 232 g/mol. The number of aliphatic hydroxyl groups is 1. The lowest BCUT2D eigenvalue weighted by Crippen LogP contribution is -2.29. The molecule has 0 fully saturated rings. The number of rotatable bonds is 5. The Morgan fingerprint density at radius 2 is 2.24 bits per heavy atom. The van der Waals surface area contributed by atoms with Crippen LogP contribution in [-0.4, -0.2) is 24.2 Å². The van der Waals surface area contributed by atoms with Gasteiger partial charge in [-0.15, -0.1) is 0 Å². The van der Waals surface area contributed by atoms with Crippen LogP contribution in [0, 0.1) is 17.2 Å². The van der Waals surface area contributed by atoms with E-state index in [9.17, 15) is 4.79 Å². The van der Waals surface area contributed by atoms with Crippen LogP contribution in [0.25, 0.3) is 0 Å². The summed E-state index contributed by atoms with van der Waals surface area (Å²) in [6.45, 7) is 2.57. The second-order valence-corrected chi connectivity index (χ2v) is 3.98. The molecule has 0 spiro atoms. The maximum absolute atomic E-state index is 11.8. The Hall–Kier alpha value is -1.86. The summed E-state index contributed by atoms with van der Waals surface area (Å²) < 4.78 is 0. The number of benzene rings is 1. The second-order valence-electron chi connectivity index (χ2n) is 3.98. The van der Waals surface area contributed by atoms with Crippen molar-refractivity contribution in [3.63, 3.8) is 0 Å². The fraction of sp³-hybridized carbons (Fsp3) is 0.385. The van der Waals surface area contributed by atoms with Gasteiger partial charge >= 0.3 is 0 Å². The van der Waals surface area contributed by atoms with E-state index in [1.54, 1.807) is 24.3 Å². The lowest BCUT2D eigenvalue weighted by Gasteiger charge is -2.11.